The summed E-state index contributed by atoms with van der Waals surface area (Å²) < 4.78 is 0. The normalized spacial score (nSPS) is 11.9. The fourth-order valence-corrected chi connectivity index (χ4v) is 17.5. The summed E-state index contributed by atoms with van der Waals surface area (Å²) >= 11 is 0. The van der Waals surface area contributed by atoms with Gasteiger partial charge in [0, 0.05) is 66.6 Å². The summed E-state index contributed by atoms with van der Waals surface area (Å²) in [7, 11) is 0. The van der Waals surface area contributed by atoms with E-state index in [1.165, 1.54) is 0 Å². The zero-order chi connectivity index (χ0) is 79.7. The Labute approximate surface area is 699 Å². The Hall–Kier alpha value is -15.9. The van der Waals surface area contributed by atoms with Crippen LogP contribution < -0.4 is 0 Å². The number of H-pyrrole nitrogens is 2. The van der Waals surface area contributed by atoms with Gasteiger partial charge in [-0.25, -0.2) is 9.97 Å². The van der Waals surface area contributed by atoms with Crippen LogP contribution in [-0.2, 0) is 0 Å². The topological polar surface area (TPSA) is 57.4 Å². The first-order valence-corrected chi connectivity index (χ1v) is 41.1. The minimum Gasteiger partial charge on any atom is -0.354 e. The summed E-state index contributed by atoms with van der Waals surface area (Å²) in [5.41, 5.74) is 41.1. The Morgan fingerprint density at radius 1 is 0.117 bits per heavy atom. The van der Waals surface area contributed by atoms with E-state index in [-0.39, 0.29) is 0 Å². The van der Waals surface area contributed by atoms with E-state index in [2.05, 4.69) is 471 Å². The molecular weight excluding hydrogens is 1450 g/mol. The molecule has 2 aliphatic heterocycles. The van der Waals surface area contributed by atoms with Gasteiger partial charge in [0.1, 0.15) is 0 Å². The van der Waals surface area contributed by atoms with Crippen LogP contribution >= 0.6 is 0 Å². The van der Waals surface area contributed by atoms with Crippen LogP contribution in [0.3, 0.4) is 0 Å². The zero-order valence-corrected chi connectivity index (χ0v) is 65.8. The van der Waals surface area contributed by atoms with Crippen LogP contribution in [0, 0.1) is 0 Å². The lowest BCUT2D eigenvalue weighted by molar-refractivity contribution is 1.29. The molecule has 0 atom stereocenters. The number of nitrogens with zero attached hydrogens (tertiary/aromatic N) is 2. The third kappa shape index (κ3) is 14.1. The maximum Gasteiger partial charge on any atom is 0.0743 e. The molecule has 0 spiro atoms. The Kier molecular flexibility index (Phi) is 19.0. The van der Waals surface area contributed by atoms with Crippen molar-refractivity contribution in [2.75, 3.05) is 0 Å². The number of rotatable bonds is 16. The van der Waals surface area contributed by atoms with Gasteiger partial charge in [0.05, 0.1) is 22.8 Å². The predicted octanol–water partition coefficient (Wildman–Crippen LogP) is 30.3. The predicted molar refractivity (Wildman–Crippen MR) is 502 cm³/mol. The molecule has 8 bridgehead atoms. The number of hydrogen-bond acceptors (Lipinski definition) is 2. The van der Waals surface area contributed by atoms with Crippen molar-refractivity contribution in [2.24, 2.45) is 0 Å². The number of aromatic amines is 2. The summed E-state index contributed by atoms with van der Waals surface area (Å²) in [6.07, 6.45) is 0. The lowest BCUT2D eigenvalue weighted by Crippen LogP contribution is -1.92. The van der Waals surface area contributed by atoms with Crippen molar-refractivity contribution in [1.82, 2.24) is 19.9 Å². The van der Waals surface area contributed by atoms with E-state index in [0.29, 0.717) is 0 Å². The second-order valence-electron chi connectivity index (χ2n) is 30.8. The molecule has 16 aromatic carbocycles. The van der Waals surface area contributed by atoms with Crippen molar-refractivity contribution >= 4 is 44.4 Å². The van der Waals surface area contributed by atoms with Gasteiger partial charge in [-0.2, -0.15) is 0 Å². The maximum absolute atomic E-state index is 6.19. The van der Waals surface area contributed by atoms with Crippen LogP contribution in [0.1, 0.15) is 45.0 Å². The highest BCUT2D eigenvalue weighted by atomic mass is 14.8. The van der Waals surface area contributed by atoms with Gasteiger partial charge in [-0.1, -0.05) is 437 Å². The molecule has 4 heteroatoms. The van der Waals surface area contributed by atoms with Crippen molar-refractivity contribution in [1.29, 1.82) is 0 Å². The lowest BCUT2D eigenvalue weighted by atomic mass is 9.89. The van der Waals surface area contributed by atoms with Crippen molar-refractivity contribution in [3.05, 3.63) is 506 Å². The molecule has 562 valence electrons. The van der Waals surface area contributed by atoms with Crippen LogP contribution in [-0.4, -0.2) is 19.9 Å². The van der Waals surface area contributed by atoms with Crippen LogP contribution in [0.2, 0.25) is 0 Å². The van der Waals surface area contributed by atoms with E-state index in [9.17, 15) is 0 Å². The van der Waals surface area contributed by atoms with Gasteiger partial charge in [0.15, 0.2) is 0 Å². The molecule has 21 rings (SSSR count). The maximum atomic E-state index is 6.19. The molecule has 4 nitrogen and oxygen atoms in total. The molecule has 0 radical (unpaired) electrons. The van der Waals surface area contributed by atoms with E-state index in [4.69, 9.17) is 9.97 Å². The van der Waals surface area contributed by atoms with E-state index >= 15 is 0 Å². The number of aromatic nitrogens is 4. The van der Waals surface area contributed by atoms with E-state index < -0.39 is 0 Å². The summed E-state index contributed by atoms with van der Waals surface area (Å²) in [4.78, 5) is 20.9. The molecule has 120 heavy (non-hydrogen) atoms. The number of nitrogens with one attached hydrogen (secondary N) is 2. The van der Waals surface area contributed by atoms with Gasteiger partial charge in [-0.3, -0.25) is 0 Å². The van der Waals surface area contributed by atoms with Gasteiger partial charge in [-0.15, -0.1) is 0 Å². The molecule has 0 aliphatic carbocycles. The minimum absolute atomic E-state index is 0.793. The lowest BCUT2D eigenvalue weighted by Gasteiger charge is -2.12. The molecule has 0 saturated carbocycles. The van der Waals surface area contributed by atoms with E-state index in [0.717, 1.165) is 223 Å². The highest BCUT2D eigenvalue weighted by molar-refractivity contribution is 6.13. The Balaban J connectivity index is 0.933. The number of benzene rings is 16. The largest absolute Gasteiger partial charge is 0.354 e. The summed E-state index contributed by atoms with van der Waals surface area (Å²) in [5, 5.41) is 0. The molecule has 0 unspecified atom stereocenters. The third-order valence-electron chi connectivity index (χ3n) is 23.5. The molecule has 0 fully saturated rings. The number of hydrogen-bond donors (Lipinski definition) is 2. The zero-order valence-electron chi connectivity index (χ0n) is 65.8. The Bertz CT molecular complexity index is 6320. The number of fused-ring (bicyclic) bond motifs is 8. The highest BCUT2D eigenvalue weighted by Crippen LogP contribution is 2.50. The first-order valence-electron chi connectivity index (χ1n) is 41.1. The third-order valence-corrected chi connectivity index (χ3v) is 23.5. The average Bonchev–Trinajstić information content (AvgIpc) is 1.58. The quantitative estimate of drug-likeness (QED) is 0.101. The molecule has 0 saturated heterocycles. The summed E-state index contributed by atoms with van der Waals surface area (Å²) in [6.45, 7) is 0. The monoisotopic (exact) mass is 1530 g/mol. The molecule has 2 N–H and O–H groups in total. The molecule has 3 aromatic heterocycles. The van der Waals surface area contributed by atoms with Crippen LogP contribution in [0.15, 0.2) is 461 Å². The van der Waals surface area contributed by atoms with Gasteiger partial charge in [0.2, 0.25) is 0 Å². The van der Waals surface area contributed by atoms with Crippen LogP contribution in [0.25, 0.3) is 178 Å². The Morgan fingerprint density at radius 3 is 0.375 bits per heavy atom. The fourth-order valence-electron chi connectivity index (χ4n) is 17.5. The van der Waals surface area contributed by atoms with Crippen LogP contribution in [0.4, 0.5) is 0 Å². The highest BCUT2D eigenvalue weighted by Gasteiger charge is 2.30. The first kappa shape index (κ1) is 71.9. The SMILES string of the molecule is c1ccc(-c2ccc(C3=C(c4ccc(-c5ccccc5)cc4)c4cc5[nH]c(cc6nc(cc7[nH]c(cc3n4)c(-c3ccc(-c4ccccc4)cc3)c7-c3ccc(-c4ccccc4)cc3)C(c3ccc(-c4ccccc4)cc3)=C6c3ccc(-c4ccccc4)cc3)c(-c3ccc(-c4ccccc4)cc3)c5-c3ccc(-c4ccccc4)cc3)cc2)cc1. The summed E-state index contributed by atoms with van der Waals surface area (Å²) in [5.74, 6) is 0. The van der Waals surface area contributed by atoms with E-state index in [1.54, 1.807) is 0 Å². The molecule has 5 heterocycles. The second kappa shape index (κ2) is 31.7. The average molecular weight is 1530 g/mol. The minimum atomic E-state index is 0.793. The van der Waals surface area contributed by atoms with E-state index in [1.807, 2.05) is 0 Å². The standard InChI is InChI=1S/C116H78N4/c1-9-25-77(26-10-1)85-41-57-93(58-42-85)109-101-73-103-111(95-61-45-87(46-62-95)79-29-13-3-14-30-79)113(97-65-49-89(50-66-97)81-33-17-5-18-34-81)105(118-103)75-107-115(99-69-53-91(54-70-99)83-37-21-7-22-38-83)116(100-71-55-92(56-72-100)84-39-23-8-24-40-84)108(120-107)76-106-114(98-67-51-90(52-68-98)82-35-19-6-20-36-82)112(96-63-47-88(48-64-96)80-31-15-4-16-32-80)104(119-106)74-102(117-101)110(109)94-59-43-86(44-60-94)78-27-11-2-12-28-78/h1-76,117,120H. The fraction of sp³-hybridized carbons (Fsp3) is 0. The first-order chi connectivity index (χ1) is 59.5. The van der Waals surface area contributed by atoms with Crippen molar-refractivity contribution in [3.8, 4) is 134 Å². The van der Waals surface area contributed by atoms with Gasteiger partial charge in [0.25, 0.3) is 0 Å². The Morgan fingerprint density at radius 2 is 0.233 bits per heavy atom. The van der Waals surface area contributed by atoms with Crippen LogP contribution in [0.5, 0.6) is 0 Å². The molecule has 19 aromatic rings. The smallest absolute Gasteiger partial charge is 0.0743 e. The molecule has 0 amide bonds. The van der Waals surface area contributed by atoms with Gasteiger partial charge in [-0.05, 0) is 158 Å². The molecular formula is C116H78N4. The van der Waals surface area contributed by atoms with Crippen molar-refractivity contribution in [2.45, 2.75) is 0 Å². The van der Waals surface area contributed by atoms with Gasteiger partial charge < -0.3 is 9.97 Å². The van der Waals surface area contributed by atoms with Crippen molar-refractivity contribution in [3.63, 3.8) is 0 Å². The molecule has 2 aliphatic rings. The second-order valence-corrected chi connectivity index (χ2v) is 30.8. The summed E-state index contributed by atoms with van der Waals surface area (Å²) in [6, 6.07) is 168. The van der Waals surface area contributed by atoms with Gasteiger partial charge >= 0.3 is 0 Å². The van der Waals surface area contributed by atoms with Crippen molar-refractivity contribution < 1.29 is 0 Å².